The number of rotatable bonds is 1. The molecule has 1 saturated carbocycles. The molecule has 5 heteroatoms. The Hall–Kier alpha value is -2.04. The molecule has 0 bridgehead atoms. The highest BCUT2D eigenvalue weighted by atomic mass is 16.5. The summed E-state index contributed by atoms with van der Waals surface area (Å²) in [5, 5.41) is 3.19. The van der Waals surface area contributed by atoms with E-state index in [1.165, 1.54) is 19.3 Å². The summed E-state index contributed by atoms with van der Waals surface area (Å²) in [4.78, 5) is 27.0. The van der Waals surface area contributed by atoms with Crippen molar-refractivity contribution in [3.05, 3.63) is 29.3 Å². The average Bonchev–Trinajstić information content (AvgIpc) is 2.64. The normalized spacial score (nSPS) is 22.7. The molecule has 2 heterocycles. The third-order valence-corrected chi connectivity index (χ3v) is 6.14. The third-order valence-electron chi connectivity index (χ3n) is 6.14. The van der Waals surface area contributed by atoms with Gasteiger partial charge in [0.15, 0.2) is 5.78 Å². The second kappa shape index (κ2) is 6.93. The Labute approximate surface area is 155 Å². The first-order valence-electron chi connectivity index (χ1n) is 9.93. The number of piperidine rings is 1. The Morgan fingerprint density at radius 3 is 2.65 bits per heavy atom. The summed E-state index contributed by atoms with van der Waals surface area (Å²) < 4.78 is 6.28. The number of aryl methyl sites for hydroxylation is 1. The first-order chi connectivity index (χ1) is 12.5. The van der Waals surface area contributed by atoms with E-state index in [4.69, 9.17) is 4.74 Å². The number of nitrogens with one attached hydrogen (secondary N) is 1. The van der Waals surface area contributed by atoms with Crippen molar-refractivity contribution >= 4 is 11.8 Å². The number of hydrogen-bond donors (Lipinski definition) is 1. The molecule has 3 aliphatic rings. The molecule has 0 aromatic heterocycles. The lowest BCUT2D eigenvalue weighted by atomic mass is 9.82. The predicted octanol–water partition coefficient (Wildman–Crippen LogP) is 3.84. The molecule has 1 spiro atoms. The topological polar surface area (TPSA) is 58.6 Å². The molecule has 1 N–H and O–H groups in total. The van der Waals surface area contributed by atoms with E-state index in [9.17, 15) is 9.59 Å². The van der Waals surface area contributed by atoms with E-state index in [1.54, 1.807) is 0 Å². The van der Waals surface area contributed by atoms with Crippen LogP contribution in [0.5, 0.6) is 5.75 Å². The van der Waals surface area contributed by atoms with Gasteiger partial charge in [-0.05, 0) is 31.9 Å². The fourth-order valence-corrected chi connectivity index (χ4v) is 4.52. The van der Waals surface area contributed by atoms with Crippen LogP contribution in [0.3, 0.4) is 0 Å². The van der Waals surface area contributed by atoms with Crippen LogP contribution in [-0.4, -0.2) is 41.4 Å². The molecule has 0 atom stereocenters. The van der Waals surface area contributed by atoms with Gasteiger partial charge in [0.25, 0.3) is 0 Å². The zero-order chi connectivity index (χ0) is 18.1. The highest BCUT2D eigenvalue weighted by Crippen LogP contribution is 2.39. The highest BCUT2D eigenvalue weighted by Gasteiger charge is 2.43. The van der Waals surface area contributed by atoms with Crippen molar-refractivity contribution in [2.45, 2.75) is 69.9 Å². The predicted molar refractivity (Wildman–Crippen MR) is 99.7 cm³/mol. The molecule has 2 amide bonds. The second-order valence-electron chi connectivity index (χ2n) is 8.16. The summed E-state index contributed by atoms with van der Waals surface area (Å²) in [5.41, 5.74) is 1.33. The van der Waals surface area contributed by atoms with E-state index in [0.29, 0.717) is 49.7 Å². The van der Waals surface area contributed by atoms with Gasteiger partial charge in [-0.2, -0.15) is 0 Å². The molecule has 1 aromatic rings. The zero-order valence-electron chi connectivity index (χ0n) is 15.6. The molecule has 0 unspecified atom stereocenters. The summed E-state index contributed by atoms with van der Waals surface area (Å²) >= 11 is 0. The Kier molecular flexibility index (Phi) is 4.63. The number of Topliss-reactive ketones (excluding diaryl/α,β-unsaturated/α-hetero) is 1. The molecular weight excluding hydrogens is 328 g/mol. The van der Waals surface area contributed by atoms with Crippen LogP contribution in [0, 0.1) is 6.92 Å². The number of carbonyl (C=O) groups excluding carboxylic acids is 2. The van der Waals surface area contributed by atoms with E-state index < -0.39 is 5.60 Å². The first-order valence-corrected chi connectivity index (χ1v) is 9.93. The van der Waals surface area contributed by atoms with Crippen LogP contribution < -0.4 is 10.1 Å². The van der Waals surface area contributed by atoms with Gasteiger partial charge in [-0.3, -0.25) is 4.79 Å². The number of urea groups is 1. The van der Waals surface area contributed by atoms with Crippen molar-refractivity contribution in [1.29, 1.82) is 0 Å². The molecule has 1 saturated heterocycles. The zero-order valence-corrected chi connectivity index (χ0v) is 15.6. The maximum Gasteiger partial charge on any atom is 0.317 e. The maximum atomic E-state index is 12.6. The molecule has 5 nitrogen and oxygen atoms in total. The minimum atomic E-state index is -0.443. The molecule has 0 radical (unpaired) electrons. The largest absolute Gasteiger partial charge is 0.486 e. The molecule has 26 heavy (non-hydrogen) atoms. The molecule has 4 rings (SSSR count). The van der Waals surface area contributed by atoms with E-state index >= 15 is 0 Å². The van der Waals surface area contributed by atoms with E-state index in [2.05, 4.69) is 5.32 Å². The lowest BCUT2D eigenvalue weighted by molar-refractivity contribution is -0.000966. The van der Waals surface area contributed by atoms with Gasteiger partial charge < -0.3 is 15.0 Å². The van der Waals surface area contributed by atoms with Crippen molar-refractivity contribution in [3.63, 3.8) is 0 Å². The number of benzene rings is 1. The Balaban J connectivity index is 1.38. The van der Waals surface area contributed by atoms with E-state index in [-0.39, 0.29) is 11.8 Å². The van der Waals surface area contributed by atoms with Crippen molar-refractivity contribution in [2.24, 2.45) is 0 Å². The number of ketones is 1. The van der Waals surface area contributed by atoms with Crippen molar-refractivity contribution < 1.29 is 14.3 Å². The summed E-state index contributed by atoms with van der Waals surface area (Å²) in [7, 11) is 0. The Morgan fingerprint density at radius 2 is 1.92 bits per heavy atom. The highest BCUT2D eigenvalue weighted by molar-refractivity contribution is 6.00. The van der Waals surface area contributed by atoms with Gasteiger partial charge in [0.1, 0.15) is 11.4 Å². The molecular formula is C21H28N2O3. The van der Waals surface area contributed by atoms with Crippen molar-refractivity contribution in [2.75, 3.05) is 13.1 Å². The van der Waals surface area contributed by atoms with Crippen molar-refractivity contribution in [3.8, 4) is 5.75 Å². The van der Waals surface area contributed by atoms with Gasteiger partial charge in [-0.1, -0.05) is 30.9 Å². The number of nitrogens with zero attached hydrogens (tertiary/aromatic N) is 1. The number of likely N-dealkylation sites (tertiary alicyclic amines) is 1. The van der Waals surface area contributed by atoms with E-state index in [0.717, 1.165) is 18.4 Å². The monoisotopic (exact) mass is 356 g/mol. The fourth-order valence-electron chi connectivity index (χ4n) is 4.52. The standard InChI is InChI=1S/C21H28N2O3/c1-15-7-8-19-17(13-15)18(24)14-21(26-19)9-11-23(12-10-21)20(25)22-16-5-3-2-4-6-16/h7-8,13,16H,2-6,9-12,14H2,1H3,(H,22,25). The van der Waals surface area contributed by atoms with Crippen LogP contribution in [0.1, 0.15) is 67.3 Å². The first kappa shape index (κ1) is 17.4. The Bertz CT molecular complexity index is 701. The minimum absolute atomic E-state index is 0.0462. The minimum Gasteiger partial charge on any atom is -0.486 e. The molecule has 1 aromatic carbocycles. The lowest BCUT2D eigenvalue weighted by Gasteiger charge is -2.44. The van der Waals surface area contributed by atoms with Crippen LogP contribution in [-0.2, 0) is 0 Å². The SMILES string of the molecule is Cc1ccc2c(c1)C(=O)CC1(CCN(C(=O)NC3CCCCC3)CC1)O2. The summed E-state index contributed by atoms with van der Waals surface area (Å²) in [6.45, 7) is 3.28. The lowest BCUT2D eigenvalue weighted by Crippen LogP contribution is -2.55. The molecule has 140 valence electrons. The van der Waals surface area contributed by atoms with Gasteiger partial charge in [-0.25, -0.2) is 4.79 Å². The fraction of sp³-hybridized carbons (Fsp3) is 0.619. The number of hydrogen-bond acceptors (Lipinski definition) is 3. The number of amides is 2. The van der Waals surface area contributed by atoms with Crippen LogP contribution in [0.15, 0.2) is 18.2 Å². The average molecular weight is 356 g/mol. The number of ether oxygens (including phenoxy) is 1. The Morgan fingerprint density at radius 1 is 1.19 bits per heavy atom. The smallest absolute Gasteiger partial charge is 0.317 e. The van der Waals surface area contributed by atoms with E-state index in [1.807, 2.05) is 30.0 Å². The van der Waals surface area contributed by atoms with Crippen molar-refractivity contribution in [1.82, 2.24) is 10.2 Å². The van der Waals surface area contributed by atoms with Gasteiger partial charge in [0.05, 0.1) is 12.0 Å². The second-order valence-corrected chi connectivity index (χ2v) is 8.16. The summed E-state index contributed by atoms with van der Waals surface area (Å²) in [6.07, 6.45) is 7.74. The molecule has 2 aliphatic heterocycles. The number of carbonyl (C=O) groups is 2. The summed E-state index contributed by atoms with van der Waals surface area (Å²) in [6, 6.07) is 6.18. The molecule has 2 fully saturated rings. The van der Waals surface area contributed by atoms with Crippen LogP contribution in [0.2, 0.25) is 0 Å². The van der Waals surface area contributed by atoms with Gasteiger partial charge in [0.2, 0.25) is 0 Å². The van der Waals surface area contributed by atoms with Crippen LogP contribution in [0.4, 0.5) is 4.79 Å². The number of fused-ring (bicyclic) bond motifs is 1. The third kappa shape index (κ3) is 3.44. The molecule has 1 aliphatic carbocycles. The van der Waals surface area contributed by atoms with Gasteiger partial charge >= 0.3 is 6.03 Å². The van der Waals surface area contributed by atoms with Gasteiger partial charge in [0, 0.05) is 32.0 Å². The summed E-state index contributed by atoms with van der Waals surface area (Å²) in [5.74, 6) is 0.863. The maximum absolute atomic E-state index is 12.6. The van der Waals surface area contributed by atoms with Crippen LogP contribution >= 0.6 is 0 Å². The van der Waals surface area contributed by atoms with Gasteiger partial charge in [-0.15, -0.1) is 0 Å². The van der Waals surface area contributed by atoms with Crippen LogP contribution in [0.25, 0.3) is 0 Å². The quantitative estimate of drug-likeness (QED) is 0.832.